The minimum atomic E-state index is -0.294. The predicted molar refractivity (Wildman–Crippen MR) is 85.5 cm³/mol. The number of thioether (sulfide) groups is 1. The van der Waals surface area contributed by atoms with Gasteiger partial charge in [0, 0.05) is 5.75 Å². The quantitative estimate of drug-likeness (QED) is 0.869. The highest BCUT2D eigenvalue weighted by Gasteiger charge is 2.09. The number of rotatable bonds is 6. The van der Waals surface area contributed by atoms with E-state index in [1.807, 2.05) is 6.92 Å². The standard InChI is InChI=1S/C17H17F2NOS/c1-12(14-4-8-16(19)9-5-14)20-17(21)11-22-10-13-2-6-15(18)7-3-13/h2-9,12H,10-11H2,1H3,(H,20,21)/t12-/m1/s1. The molecular formula is C17H17F2NOS. The van der Waals surface area contributed by atoms with Gasteiger partial charge in [0.25, 0.3) is 0 Å². The van der Waals surface area contributed by atoms with Crippen LogP contribution in [0.2, 0.25) is 0 Å². The third kappa shape index (κ3) is 5.15. The number of benzene rings is 2. The number of amides is 1. The number of halogens is 2. The molecule has 0 aliphatic rings. The summed E-state index contributed by atoms with van der Waals surface area (Å²) in [7, 11) is 0. The molecule has 0 aliphatic heterocycles. The third-order valence-electron chi connectivity index (χ3n) is 3.16. The van der Waals surface area contributed by atoms with Crippen LogP contribution >= 0.6 is 11.8 Å². The lowest BCUT2D eigenvalue weighted by Gasteiger charge is -2.14. The van der Waals surface area contributed by atoms with Crippen molar-refractivity contribution in [2.24, 2.45) is 0 Å². The van der Waals surface area contributed by atoms with Crippen molar-refractivity contribution in [1.29, 1.82) is 0 Å². The van der Waals surface area contributed by atoms with Crippen LogP contribution < -0.4 is 5.32 Å². The number of nitrogens with one attached hydrogen (secondary N) is 1. The molecule has 0 heterocycles. The lowest BCUT2D eigenvalue weighted by molar-refractivity contribution is -0.119. The van der Waals surface area contributed by atoms with Gasteiger partial charge in [0.15, 0.2) is 0 Å². The summed E-state index contributed by atoms with van der Waals surface area (Å²) in [5.41, 5.74) is 1.84. The van der Waals surface area contributed by atoms with E-state index in [1.165, 1.54) is 36.0 Å². The van der Waals surface area contributed by atoms with Crippen LogP contribution in [-0.4, -0.2) is 11.7 Å². The second-order valence-corrected chi connectivity index (χ2v) is 5.95. The maximum Gasteiger partial charge on any atom is 0.230 e. The molecule has 2 nitrogen and oxygen atoms in total. The van der Waals surface area contributed by atoms with Gasteiger partial charge in [-0.1, -0.05) is 24.3 Å². The van der Waals surface area contributed by atoms with Crippen LogP contribution in [0.15, 0.2) is 48.5 Å². The van der Waals surface area contributed by atoms with E-state index in [0.29, 0.717) is 11.5 Å². The Balaban J connectivity index is 1.75. The van der Waals surface area contributed by atoms with Gasteiger partial charge < -0.3 is 5.32 Å². The van der Waals surface area contributed by atoms with Crippen LogP contribution in [0.1, 0.15) is 24.1 Å². The largest absolute Gasteiger partial charge is 0.349 e. The molecule has 1 N–H and O–H groups in total. The average Bonchev–Trinajstić information content (AvgIpc) is 2.50. The Kier molecular flexibility index (Phi) is 5.95. The molecule has 0 fully saturated rings. The normalized spacial score (nSPS) is 12.0. The minimum absolute atomic E-state index is 0.0797. The highest BCUT2D eigenvalue weighted by Crippen LogP contribution is 2.15. The summed E-state index contributed by atoms with van der Waals surface area (Å²) in [6, 6.07) is 12.1. The number of carbonyl (C=O) groups is 1. The molecule has 2 aromatic carbocycles. The van der Waals surface area contributed by atoms with E-state index in [9.17, 15) is 13.6 Å². The molecule has 5 heteroatoms. The molecule has 1 atom stereocenters. The first-order valence-corrected chi connectivity index (χ1v) is 8.07. The van der Waals surface area contributed by atoms with E-state index in [4.69, 9.17) is 0 Å². The smallest absolute Gasteiger partial charge is 0.230 e. The molecule has 0 aromatic heterocycles. The van der Waals surface area contributed by atoms with E-state index in [1.54, 1.807) is 24.3 Å². The second-order valence-electron chi connectivity index (χ2n) is 4.96. The highest BCUT2D eigenvalue weighted by atomic mass is 32.2. The summed E-state index contributed by atoms with van der Waals surface area (Å²) in [4.78, 5) is 11.9. The van der Waals surface area contributed by atoms with Crippen molar-refractivity contribution in [2.45, 2.75) is 18.7 Å². The van der Waals surface area contributed by atoms with Crippen LogP contribution in [0, 0.1) is 11.6 Å². The molecular weight excluding hydrogens is 304 g/mol. The number of carbonyl (C=O) groups excluding carboxylic acids is 1. The zero-order valence-corrected chi connectivity index (χ0v) is 13.0. The van der Waals surface area contributed by atoms with Crippen molar-refractivity contribution in [1.82, 2.24) is 5.32 Å². The minimum Gasteiger partial charge on any atom is -0.349 e. The molecule has 116 valence electrons. The maximum atomic E-state index is 12.9. The first kappa shape index (κ1) is 16.5. The van der Waals surface area contributed by atoms with Gasteiger partial charge in [-0.15, -0.1) is 11.8 Å². The number of hydrogen-bond acceptors (Lipinski definition) is 2. The van der Waals surface area contributed by atoms with Gasteiger partial charge in [0.05, 0.1) is 11.8 Å². The molecule has 2 aromatic rings. The average molecular weight is 321 g/mol. The van der Waals surface area contributed by atoms with Crippen LogP contribution in [0.4, 0.5) is 8.78 Å². The molecule has 2 rings (SSSR count). The van der Waals surface area contributed by atoms with E-state index >= 15 is 0 Å². The second kappa shape index (κ2) is 7.94. The monoisotopic (exact) mass is 321 g/mol. The predicted octanol–water partition coefficient (Wildman–Crippen LogP) is 4.08. The summed E-state index contributed by atoms with van der Waals surface area (Å²) in [6.45, 7) is 1.86. The molecule has 0 radical (unpaired) electrons. The SMILES string of the molecule is C[C@@H](NC(=O)CSCc1ccc(F)cc1)c1ccc(F)cc1. The van der Waals surface area contributed by atoms with Gasteiger partial charge in [-0.05, 0) is 42.3 Å². The Morgan fingerprint density at radius 1 is 1.05 bits per heavy atom. The topological polar surface area (TPSA) is 29.1 Å². The first-order valence-electron chi connectivity index (χ1n) is 6.91. The van der Waals surface area contributed by atoms with Crippen LogP contribution in [0.5, 0.6) is 0 Å². The Bertz CT molecular complexity index is 614. The van der Waals surface area contributed by atoms with Crippen molar-refractivity contribution >= 4 is 17.7 Å². The van der Waals surface area contributed by atoms with Gasteiger partial charge in [-0.2, -0.15) is 0 Å². The van der Waals surface area contributed by atoms with Crippen molar-refractivity contribution in [2.75, 3.05) is 5.75 Å². The molecule has 0 aliphatic carbocycles. The molecule has 0 unspecified atom stereocenters. The molecule has 0 spiro atoms. The zero-order valence-electron chi connectivity index (χ0n) is 12.2. The summed E-state index contributed by atoms with van der Waals surface area (Å²) in [6.07, 6.45) is 0. The van der Waals surface area contributed by atoms with Crippen molar-refractivity contribution in [3.05, 3.63) is 71.3 Å². The zero-order chi connectivity index (χ0) is 15.9. The summed E-state index contributed by atoms with van der Waals surface area (Å²) in [5.74, 6) is 0.335. The Labute approximate surface area is 132 Å². The molecule has 1 amide bonds. The van der Waals surface area contributed by atoms with E-state index in [0.717, 1.165) is 11.1 Å². The van der Waals surface area contributed by atoms with Crippen molar-refractivity contribution < 1.29 is 13.6 Å². The van der Waals surface area contributed by atoms with E-state index < -0.39 is 0 Å². The molecule has 0 bridgehead atoms. The van der Waals surface area contributed by atoms with Gasteiger partial charge in [-0.25, -0.2) is 8.78 Å². The number of hydrogen-bond donors (Lipinski definition) is 1. The van der Waals surface area contributed by atoms with Crippen molar-refractivity contribution in [3.8, 4) is 0 Å². The van der Waals surface area contributed by atoms with Gasteiger partial charge in [0.2, 0.25) is 5.91 Å². The fourth-order valence-corrected chi connectivity index (χ4v) is 2.76. The maximum absolute atomic E-state index is 12.9. The molecule has 0 saturated carbocycles. The van der Waals surface area contributed by atoms with Crippen LogP contribution in [-0.2, 0) is 10.5 Å². The van der Waals surface area contributed by atoms with E-state index in [-0.39, 0.29) is 23.6 Å². The fraction of sp³-hybridized carbons (Fsp3) is 0.235. The Morgan fingerprint density at radius 3 is 2.18 bits per heavy atom. The third-order valence-corrected chi connectivity index (χ3v) is 4.17. The first-order chi connectivity index (χ1) is 10.5. The summed E-state index contributed by atoms with van der Waals surface area (Å²) < 4.78 is 25.6. The van der Waals surface area contributed by atoms with E-state index in [2.05, 4.69) is 5.32 Å². The van der Waals surface area contributed by atoms with Crippen molar-refractivity contribution in [3.63, 3.8) is 0 Å². The lowest BCUT2D eigenvalue weighted by atomic mass is 10.1. The van der Waals surface area contributed by atoms with Crippen LogP contribution in [0.3, 0.4) is 0 Å². The molecule has 22 heavy (non-hydrogen) atoms. The summed E-state index contributed by atoms with van der Waals surface area (Å²) >= 11 is 1.47. The molecule has 0 saturated heterocycles. The fourth-order valence-electron chi connectivity index (χ4n) is 1.96. The lowest BCUT2D eigenvalue weighted by Crippen LogP contribution is -2.28. The van der Waals surface area contributed by atoms with Gasteiger partial charge in [0.1, 0.15) is 11.6 Å². The van der Waals surface area contributed by atoms with Gasteiger partial charge in [-0.3, -0.25) is 4.79 Å². The Hall–Kier alpha value is -1.88. The Morgan fingerprint density at radius 2 is 1.59 bits per heavy atom. The van der Waals surface area contributed by atoms with Crippen LogP contribution in [0.25, 0.3) is 0 Å². The summed E-state index contributed by atoms with van der Waals surface area (Å²) in [5, 5.41) is 2.87. The van der Waals surface area contributed by atoms with Gasteiger partial charge >= 0.3 is 0 Å². The highest BCUT2D eigenvalue weighted by molar-refractivity contribution is 7.99.